The van der Waals surface area contributed by atoms with Crippen molar-refractivity contribution in [2.75, 3.05) is 6.61 Å². The first-order chi connectivity index (χ1) is 10.1. The lowest BCUT2D eigenvalue weighted by molar-refractivity contribution is -0.139. The number of carbonyl (C=O) groups excluding carboxylic acids is 1. The maximum atomic E-state index is 12.2. The van der Waals surface area contributed by atoms with Gasteiger partial charge in [-0.3, -0.25) is 9.89 Å². The average Bonchev–Trinajstić information content (AvgIpc) is 2.97. The summed E-state index contributed by atoms with van der Waals surface area (Å²) in [5, 5.41) is 26.8. The molecule has 1 amide bonds. The van der Waals surface area contributed by atoms with E-state index in [1.54, 1.807) is 0 Å². The van der Waals surface area contributed by atoms with Gasteiger partial charge in [-0.15, -0.1) is 0 Å². The van der Waals surface area contributed by atoms with Crippen molar-refractivity contribution >= 4 is 11.9 Å². The number of H-pyrrole nitrogens is 1. The maximum absolute atomic E-state index is 12.2. The molecular weight excluding hydrogens is 274 g/mol. The average molecular weight is 289 g/mol. The Balaban J connectivity index is 2.21. The summed E-state index contributed by atoms with van der Waals surface area (Å²) in [7, 11) is 0. The highest BCUT2D eigenvalue weighted by Crippen LogP contribution is 2.20. The normalized spacial score (nSPS) is 11.9. The largest absolute Gasteiger partial charge is 0.480 e. The third kappa shape index (κ3) is 3.46. The Morgan fingerprint density at radius 3 is 2.62 bits per heavy atom. The molecule has 4 N–H and O–H groups in total. The number of rotatable bonds is 6. The van der Waals surface area contributed by atoms with Crippen LogP contribution in [0, 0.1) is 0 Å². The fourth-order valence-corrected chi connectivity index (χ4v) is 1.91. The van der Waals surface area contributed by atoms with Crippen LogP contribution in [0.5, 0.6) is 0 Å². The fraction of sp³-hybridized carbons (Fsp3) is 0.214. The third-order valence-electron chi connectivity index (χ3n) is 2.97. The standard InChI is InChI=1S/C14H15N3O4/c18-7-6-11(14(20)21)16-13(19)10-8-15-17-12(10)9-4-2-1-3-5-9/h1-5,8,11,18H,6-7H2,(H,15,17)(H,16,19)(H,20,21)/t11-/m1/s1. The number of amides is 1. The maximum Gasteiger partial charge on any atom is 0.326 e. The summed E-state index contributed by atoms with van der Waals surface area (Å²) in [5.41, 5.74) is 1.54. The van der Waals surface area contributed by atoms with E-state index in [-0.39, 0.29) is 18.6 Å². The topological polar surface area (TPSA) is 115 Å². The lowest BCUT2D eigenvalue weighted by Gasteiger charge is -2.13. The van der Waals surface area contributed by atoms with Gasteiger partial charge in [0.15, 0.2) is 0 Å². The van der Waals surface area contributed by atoms with Crippen LogP contribution in [0.25, 0.3) is 11.3 Å². The third-order valence-corrected chi connectivity index (χ3v) is 2.97. The second-order valence-corrected chi connectivity index (χ2v) is 4.40. The van der Waals surface area contributed by atoms with Gasteiger partial charge in [0.2, 0.25) is 0 Å². The van der Waals surface area contributed by atoms with Crippen molar-refractivity contribution in [1.29, 1.82) is 0 Å². The molecule has 0 aliphatic rings. The molecule has 7 heteroatoms. The van der Waals surface area contributed by atoms with Crippen LogP contribution in [0.1, 0.15) is 16.8 Å². The molecule has 0 aliphatic heterocycles. The zero-order valence-corrected chi connectivity index (χ0v) is 11.1. The summed E-state index contributed by atoms with van der Waals surface area (Å²) >= 11 is 0. The van der Waals surface area contributed by atoms with Crippen LogP contribution in [0.15, 0.2) is 36.5 Å². The molecule has 7 nitrogen and oxygen atoms in total. The molecule has 1 aromatic heterocycles. The molecule has 110 valence electrons. The number of benzene rings is 1. The lowest BCUT2D eigenvalue weighted by Crippen LogP contribution is -2.41. The van der Waals surface area contributed by atoms with Gasteiger partial charge in [0.1, 0.15) is 6.04 Å². The van der Waals surface area contributed by atoms with E-state index in [2.05, 4.69) is 15.5 Å². The van der Waals surface area contributed by atoms with Crippen molar-refractivity contribution in [1.82, 2.24) is 15.5 Å². The number of carboxylic acid groups (broad SMARTS) is 1. The van der Waals surface area contributed by atoms with E-state index in [0.717, 1.165) is 5.56 Å². The number of nitrogens with one attached hydrogen (secondary N) is 2. The van der Waals surface area contributed by atoms with Gasteiger partial charge >= 0.3 is 5.97 Å². The molecule has 2 aromatic rings. The van der Waals surface area contributed by atoms with Gasteiger partial charge in [-0.2, -0.15) is 5.10 Å². The number of aliphatic carboxylic acids is 1. The summed E-state index contributed by atoms with van der Waals surface area (Å²) < 4.78 is 0. The van der Waals surface area contributed by atoms with Crippen LogP contribution in [0.3, 0.4) is 0 Å². The molecule has 21 heavy (non-hydrogen) atoms. The van der Waals surface area contributed by atoms with Crippen LogP contribution in [0.2, 0.25) is 0 Å². The number of hydrogen-bond donors (Lipinski definition) is 4. The van der Waals surface area contributed by atoms with Gasteiger partial charge in [0.25, 0.3) is 5.91 Å². The van der Waals surface area contributed by atoms with Gasteiger partial charge in [0, 0.05) is 18.6 Å². The first-order valence-corrected chi connectivity index (χ1v) is 6.36. The second-order valence-electron chi connectivity index (χ2n) is 4.40. The van der Waals surface area contributed by atoms with E-state index in [4.69, 9.17) is 10.2 Å². The molecular formula is C14H15N3O4. The monoisotopic (exact) mass is 289 g/mol. The second kappa shape index (κ2) is 6.67. The van der Waals surface area contributed by atoms with Crippen LogP contribution in [-0.2, 0) is 4.79 Å². The number of aliphatic hydroxyl groups excluding tert-OH is 1. The number of nitrogens with zero attached hydrogens (tertiary/aromatic N) is 1. The molecule has 0 saturated carbocycles. The van der Waals surface area contributed by atoms with Crippen LogP contribution >= 0.6 is 0 Å². The summed E-state index contributed by atoms with van der Waals surface area (Å²) in [4.78, 5) is 23.2. The van der Waals surface area contributed by atoms with E-state index < -0.39 is 17.9 Å². The summed E-state index contributed by atoms with van der Waals surface area (Å²) in [6, 6.07) is 7.98. The summed E-state index contributed by atoms with van der Waals surface area (Å²) in [6.45, 7) is -0.325. The predicted octanol–water partition coefficient (Wildman–Crippen LogP) is 0.642. The van der Waals surface area contributed by atoms with E-state index >= 15 is 0 Å². The van der Waals surface area contributed by atoms with Crippen molar-refractivity contribution in [3.8, 4) is 11.3 Å². The molecule has 0 aliphatic carbocycles. The molecule has 0 saturated heterocycles. The number of aromatic amines is 1. The van der Waals surface area contributed by atoms with Gasteiger partial charge in [-0.25, -0.2) is 4.79 Å². The highest BCUT2D eigenvalue weighted by atomic mass is 16.4. The molecule has 0 unspecified atom stereocenters. The smallest absolute Gasteiger partial charge is 0.326 e. The van der Waals surface area contributed by atoms with Gasteiger partial charge in [-0.1, -0.05) is 30.3 Å². The molecule has 1 aromatic carbocycles. The summed E-state index contributed by atoms with van der Waals surface area (Å²) in [6.07, 6.45) is 1.29. The predicted molar refractivity (Wildman–Crippen MR) is 74.6 cm³/mol. The van der Waals surface area contributed by atoms with Crippen molar-refractivity contribution in [2.24, 2.45) is 0 Å². The van der Waals surface area contributed by atoms with E-state index in [1.165, 1.54) is 6.20 Å². The molecule has 1 atom stereocenters. The quantitative estimate of drug-likeness (QED) is 0.623. The Kier molecular flexibility index (Phi) is 4.68. The lowest BCUT2D eigenvalue weighted by atomic mass is 10.1. The summed E-state index contributed by atoms with van der Waals surface area (Å²) in [5.74, 6) is -1.74. The first kappa shape index (κ1) is 14.7. The van der Waals surface area contributed by atoms with Crippen LogP contribution in [0.4, 0.5) is 0 Å². The van der Waals surface area contributed by atoms with Gasteiger partial charge in [0.05, 0.1) is 17.5 Å². The highest BCUT2D eigenvalue weighted by Gasteiger charge is 2.22. The van der Waals surface area contributed by atoms with E-state index in [0.29, 0.717) is 5.69 Å². The van der Waals surface area contributed by atoms with Crippen molar-refractivity contribution in [2.45, 2.75) is 12.5 Å². The molecule has 0 bridgehead atoms. The zero-order valence-electron chi connectivity index (χ0n) is 11.1. The highest BCUT2D eigenvalue weighted by molar-refractivity contribution is 6.01. The zero-order chi connectivity index (χ0) is 15.2. The SMILES string of the molecule is O=C(N[C@H](CCO)C(=O)O)c1cn[nH]c1-c1ccccc1. The molecule has 2 rings (SSSR count). The Bertz CT molecular complexity index is 624. The van der Waals surface area contributed by atoms with Crippen molar-refractivity contribution in [3.63, 3.8) is 0 Å². The van der Waals surface area contributed by atoms with E-state index in [1.807, 2.05) is 30.3 Å². The number of aromatic nitrogens is 2. The number of carbonyl (C=O) groups is 2. The fourth-order valence-electron chi connectivity index (χ4n) is 1.91. The number of carboxylic acids is 1. The minimum atomic E-state index is -1.19. The number of hydrogen-bond acceptors (Lipinski definition) is 4. The van der Waals surface area contributed by atoms with Crippen LogP contribution in [-0.4, -0.2) is 44.9 Å². The molecule has 0 radical (unpaired) electrons. The van der Waals surface area contributed by atoms with Crippen LogP contribution < -0.4 is 5.32 Å². The van der Waals surface area contributed by atoms with Crippen molar-refractivity contribution in [3.05, 3.63) is 42.1 Å². The minimum absolute atomic E-state index is 0.0560. The molecule has 0 spiro atoms. The molecule has 1 heterocycles. The Morgan fingerprint density at radius 2 is 2.00 bits per heavy atom. The molecule has 0 fully saturated rings. The Labute approximate surface area is 120 Å². The first-order valence-electron chi connectivity index (χ1n) is 6.36. The number of aliphatic hydroxyl groups is 1. The van der Waals surface area contributed by atoms with E-state index in [9.17, 15) is 9.59 Å². The minimum Gasteiger partial charge on any atom is -0.480 e. The van der Waals surface area contributed by atoms with Crippen molar-refractivity contribution < 1.29 is 19.8 Å². The Morgan fingerprint density at radius 1 is 1.29 bits per heavy atom. The van der Waals surface area contributed by atoms with Gasteiger partial charge in [-0.05, 0) is 0 Å². The van der Waals surface area contributed by atoms with Gasteiger partial charge < -0.3 is 15.5 Å². The Hall–Kier alpha value is -2.67.